The fraction of sp³-hybridized carbons (Fsp3) is 0.500. The summed E-state index contributed by atoms with van der Waals surface area (Å²) in [6.07, 6.45) is 3.39. The summed E-state index contributed by atoms with van der Waals surface area (Å²) >= 11 is 5.82. The van der Waals surface area contributed by atoms with Crippen molar-refractivity contribution in [3.63, 3.8) is 0 Å². The monoisotopic (exact) mass is 266 g/mol. The van der Waals surface area contributed by atoms with Crippen LogP contribution in [0.3, 0.4) is 0 Å². The van der Waals surface area contributed by atoms with Gasteiger partial charge in [0.1, 0.15) is 0 Å². The van der Waals surface area contributed by atoms with Crippen LogP contribution in [-0.2, 0) is 11.2 Å². The normalized spacial score (nSPS) is 16.5. The average molecular weight is 267 g/mol. The minimum absolute atomic E-state index is 0.150. The highest BCUT2D eigenvalue weighted by Gasteiger charge is 2.14. The van der Waals surface area contributed by atoms with Crippen LogP contribution in [0.4, 0.5) is 0 Å². The third-order valence-corrected chi connectivity index (χ3v) is 3.51. The van der Waals surface area contributed by atoms with Crippen molar-refractivity contribution < 1.29 is 4.79 Å². The lowest BCUT2D eigenvalue weighted by atomic mass is 10.1. The standard InChI is InChI=1S/C14H19ClN2O/c15-12-4-1-11(2-5-12)3-6-14(18)17-13-7-9-16-10-8-13/h1-2,4-5,13,16H,3,6-10H2,(H,17,18). The zero-order chi connectivity index (χ0) is 12.8. The van der Waals surface area contributed by atoms with Crippen LogP contribution < -0.4 is 10.6 Å². The summed E-state index contributed by atoms with van der Waals surface area (Å²) in [5, 5.41) is 7.12. The van der Waals surface area contributed by atoms with Crippen molar-refractivity contribution in [3.05, 3.63) is 34.9 Å². The maximum atomic E-state index is 11.8. The summed E-state index contributed by atoms with van der Waals surface area (Å²) in [6.45, 7) is 2.00. The molecule has 1 aliphatic rings. The largest absolute Gasteiger partial charge is 0.353 e. The van der Waals surface area contributed by atoms with Crippen LogP contribution in [0.25, 0.3) is 0 Å². The van der Waals surface area contributed by atoms with Gasteiger partial charge in [0.2, 0.25) is 5.91 Å². The molecule has 1 saturated heterocycles. The molecular formula is C14H19ClN2O. The predicted molar refractivity (Wildman–Crippen MR) is 73.8 cm³/mol. The highest BCUT2D eigenvalue weighted by atomic mass is 35.5. The highest BCUT2D eigenvalue weighted by molar-refractivity contribution is 6.30. The van der Waals surface area contributed by atoms with E-state index in [1.165, 1.54) is 0 Å². The quantitative estimate of drug-likeness (QED) is 0.877. The van der Waals surface area contributed by atoms with Gasteiger partial charge in [0.05, 0.1) is 0 Å². The van der Waals surface area contributed by atoms with Crippen LogP contribution in [-0.4, -0.2) is 25.0 Å². The third-order valence-electron chi connectivity index (χ3n) is 3.26. The molecule has 1 fully saturated rings. The minimum atomic E-state index is 0.150. The van der Waals surface area contributed by atoms with Crippen molar-refractivity contribution in [2.45, 2.75) is 31.7 Å². The van der Waals surface area contributed by atoms with E-state index in [2.05, 4.69) is 10.6 Å². The lowest BCUT2D eigenvalue weighted by Crippen LogP contribution is -2.42. The van der Waals surface area contributed by atoms with Crippen LogP contribution in [0.15, 0.2) is 24.3 Å². The smallest absolute Gasteiger partial charge is 0.220 e. The second kappa shape index (κ2) is 6.76. The molecule has 0 bridgehead atoms. The number of benzene rings is 1. The van der Waals surface area contributed by atoms with E-state index < -0.39 is 0 Å². The Morgan fingerprint density at radius 3 is 2.61 bits per heavy atom. The van der Waals surface area contributed by atoms with Gasteiger partial charge in [-0.25, -0.2) is 0 Å². The summed E-state index contributed by atoms with van der Waals surface area (Å²) in [5.41, 5.74) is 1.15. The second-order valence-electron chi connectivity index (χ2n) is 4.72. The van der Waals surface area contributed by atoms with Crippen LogP contribution in [0.5, 0.6) is 0 Å². The number of aryl methyl sites for hydroxylation is 1. The molecule has 0 unspecified atom stereocenters. The fourth-order valence-electron chi connectivity index (χ4n) is 2.18. The van der Waals surface area contributed by atoms with Crippen molar-refractivity contribution in [3.8, 4) is 0 Å². The van der Waals surface area contributed by atoms with E-state index in [-0.39, 0.29) is 5.91 Å². The maximum absolute atomic E-state index is 11.8. The summed E-state index contributed by atoms with van der Waals surface area (Å²) in [7, 11) is 0. The van der Waals surface area contributed by atoms with Crippen LogP contribution in [0.1, 0.15) is 24.8 Å². The topological polar surface area (TPSA) is 41.1 Å². The molecule has 0 radical (unpaired) electrons. The Morgan fingerprint density at radius 1 is 1.28 bits per heavy atom. The number of halogens is 1. The van der Waals surface area contributed by atoms with Crippen molar-refractivity contribution >= 4 is 17.5 Å². The van der Waals surface area contributed by atoms with Gasteiger partial charge >= 0.3 is 0 Å². The van der Waals surface area contributed by atoms with E-state index in [1.54, 1.807) is 0 Å². The Morgan fingerprint density at radius 2 is 1.94 bits per heavy atom. The lowest BCUT2D eigenvalue weighted by molar-refractivity contribution is -0.121. The Balaban J connectivity index is 1.72. The molecule has 0 aliphatic carbocycles. The molecule has 2 rings (SSSR count). The van der Waals surface area contributed by atoms with Gasteiger partial charge in [-0.3, -0.25) is 4.79 Å². The maximum Gasteiger partial charge on any atom is 0.220 e. The van der Waals surface area contributed by atoms with Gasteiger partial charge in [-0.2, -0.15) is 0 Å². The Hall–Kier alpha value is -1.06. The molecule has 1 aliphatic heterocycles. The van der Waals surface area contributed by atoms with E-state index in [1.807, 2.05) is 24.3 Å². The summed E-state index contributed by atoms with van der Waals surface area (Å²) < 4.78 is 0. The molecule has 0 saturated carbocycles. The van der Waals surface area contributed by atoms with Crippen LogP contribution in [0.2, 0.25) is 5.02 Å². The number of amides is 1. The SMILES string of the molecule is O=C(CCc1ccc(Cl)cc1)NC1CCNCC1. The number of carbonyl (C=O) groups excluding carboxylic acids is 1. The van der Waals surface area contributed by atoms with Crippen molar-refractivity contribution in [1.82, 2.24) is 10.6 Å². The molecule has 4 heteroatoms. The van der Waals surface area contributed by atoms with Gasteiger partial charge in [-0.05, 0) is 50.0 Å². The molecule has 2 N–H and O–H groups in total. The Kier molecular flexibility index (Phi) is 5.02. The highest BCUT2D eigenvalue weighted by Crippen LogP contribution is 2.11. The molecule has 3 nitrogen and oxygen atoms in total. The summed E-state index contributed by atoms with van der Waals surface area (Å²) in [5.74, 6) is 0.150. The van der Waals surface area contributed by atoms with Gasteiger partial charge in [0.25, 0.3) is 0 Å². The molecule has 0 aromatic heterocycles. The van der Waals surface area contributed by atoms with Gasteiger partial charge in [-0.1, -0.05) is 23.7 Å². The fourth-order valence-corrected chi connectivity index (χ4v) is 2.30. The number of piperidine rings is 1. The van der Waals surface area contributed by atoms with E-state index in [0.717, 1.165) is 42.9 Å². The van der Waals surface area contributed by atoms with E-state index >= 15 is 0 Å². The van der Waals surface area contributed by atoms with Gasteiger partial charge in [0.15, 0.2) is 0 Å². The molecule has 98 valence electrons. The molecule has 1 aromatic rings. The third kappa shape index (κ3) is 4.31. The molecule has 1 heterocycles. The molecule has 0 spiro atoms. The van der Waals surface area contributed by atoms with Crippen molar-refractivity contribution in [2.24, 2.45) is 0 Å². The van der Waals surface area contributed by atoms with Crippen molar-refractivity contribution in [1.29, 1.82) is 0 Å². The number of carbonyl (C=O) groups is 1. The van der Waals surface area contributed by atoms with E-state index in [9.17, 15) is 4.79 Å². The number of hydrogen-bond acceptors (Lipinski definition) is 2. The first kappa shape index (κ1) is 13.4. The van der Waals surface area contributed by atoms with Crippen molar-refractivity contribution in [2.75, 3.05) is 13.1 Å². The van der Waals surface area contributed by atoms with Crippen LogP contribution in [0, 0.1) is 0 Å². The first-order chi connectivity index (χ1) is 8.74. The van der Waals surface area contributed by atoms with Crippen LogP contribution >= 0.6 is 11.6 Å². The minimum Gasteiger partial charge on any atom is -0.353 e. The molecule has 18 heavy (non-hydrogen) atoms. The second-order valence-corrected chi connectivity index (χ2v) is 5.15. The van der Waals surface area contributed by atoms with E-state index in [4.69, 9.17) is 11.6 Å². The molecule has 0 atom stereocenters. The number of hydrogen-bond donors (Lipinski definition) is 2. The molecule has 1 aromatic carbocycles. The zero-order valence-corrected chi connectivity index (χ0v) is 11.2. The number of rotatable bonds is 4. The molecule has 1 amide bonds. The summed E-state index contributed by atoms with van der Waals surface area (Å²) in [4.78, 5) is 11.8. The number of nitrogens with one attached hydrogen (secondary N) is 2. The van der Waals surface area contributed by atoms with Gasteiger partial charge in [-0.15, -0.1) is 0 Å². The lowest BCUT2D eigenvalue weighted by Gasteiger charge is -2.23. The van der Waals surface area contributed by atoms with Gasteiger partial charge in [0, 0.05) is 17.5 Å². The predicted octanol–water partition coefficient (Wildman–Crippen LogP) is 2.14. The van der Waals surface area contributed by atoms with Gasteiger partial charge < -0.3 is 10.6 Å². The van der Waals surface area contributed by atoms with E-state index in [0.29, 0.717) is 12.5 Å². The first-order valence-corrected chi connectivity index (χ1v) is 6.86. The Bertz CT molecular complexity index is 385. The Labute approximate surface area is 113 Å². The first-order valence-electron chi connectivity index (χ1n) is 6.48. The molecular weight excluding hydrogens is 248 g/mol. The average Bonchev–Trinajstić information content (AvgIpc) is 2.39. The summed E-state index contributed by atoms with van der Waals surface area (Å²) in [6, 6.07) is 8.02. The zero-order valence-electron chi connectivity index (χ0n) is 10.4.